The fourth-order valence-electron chi connectivity index (χ4n) is 2.94. The number of rotatable bonds is 7. The van der Waals surface area contributed by atoms with Gasteiger partial charge in [0.25, 0.3) is 0 Å². The van der Waals surface area contributed by atoms with Crippen molar-refractivity contribution < 1.29 is 0 Å². The molecule has 1 heterocycles. The topological polar surface area (TPSA) is 15.3 Å². The second-order valence-electron chi connectivity index (χ2n) is 5.77. The molecule has 0 amide bonds. The molecule has 102 valence electrons. The Morgan fingerprint density at radius 2 is 1.94 bits per heavy atom. The first-order valence-corrected chi connectivity index (χ1v) is 7.66. The maximum Gasteiger partial charge on any atom is 0.0117 e. The third-order valence-electron chi connectivity index (χ3n) is 4.32. The molecular formula is C15H32N2. The van der Waals surface area contributed by atoms with E-state index < -0.39 is 0 Å². The summed E-state index contributed by atoms with van der Waals surface area (Å²) in [4.78, 5) is 2.69. The Morgan fingerprint density at radius 3 is 2.47 bits per heavy atom. The molecule has 2 nitrogen and oxygen atoms in total. The van der Waals surface area contributed by atoms with Crippen LogP contribution in [0, 0.1) is 11.8 Å². The van der Waals surface area contributed by atoms with Gasteiger partial charge in [0.15, 0.2) is 0 Å². The van der Waals surface area contributed by atoms with Crippen molar-refractivity contribution in [3.05, 3.63) is 0 Å². The Kier molecular flexibility index (Phi) is 7.14. The molecule has 0 saturated carbocycles. The van der Waals surface area contributed by atoms with Gasteiger partial charge in [-0.05, 0) is 37.8 Å². The van der Waals surface area contributed by atoms with E-state index in [0.717, 1.165) is 17.9 Å². The maximum atomic E-state index is 3.70. The van der Waals surface area contributed by atoms with E-state index in [1.54, 1.807) is 0 Å². The second kappa shape index (κ2) is 8.10. The predicted molar refractivity (Wildman–Crippen MR) is 76.4 cm³/mol. The fraction of sp³-hybridized carbons (Fsp3) is 1.00. The van der Waals surface area contributed by atoms with Gasteiger partial charge >= 0.3 is 0 Å². The molecular weight excluding hydrogens is 208 g/mol. The van der Waals surface area contributed by atoms with Crippen LogP contribution >= 0.6 is 0 Å². The summed E-state index contributed by atoms with van der Waals surface area (Å²) in [5.74, 6) is 1.71. The van der Waals surface area contributed by atoms with Gasteiger partial charge in [0, 0.05) is 19.1 Å². The van der Waals surface area contributed by atoms with E-state index in [0.29, 0.717) is 0 Å². The molecule has 0 radical (unpaired) electrons. The van der Waals surface area contributed by atoms with Crippen LogP contribution in [0.3, 0.4) is 0 Å². The Hall–Kier alpha value is -0.0800. The van der Waals surface area contributed by atoms with E-state index in [1.807, 2.05) is 0 Å². The minimum Gasteiger partial charge on any atom is -0.314 e. The van der Waals surface area contributed by atoms with Crippen molar-refractivity contribution in [1.29, 1.82) is 0 Å². The van der Waals surface area contributed by atoms with E-state index in [9.17, 15) is 0 Å². The SMILES string of the molecule is CCCNC1CCN(CC(CC)CC)CC1C. The normalized spacial score (nSPS) is 26.6. The number of likely N-dealkylation sites (tertiary alicyclic amines) is 1. The largest absolute Gasteiger partial charge is 0.314 e. The Balaban J connectivity index is 2.30. The van der Waals surface area contributed by atoms with Crippen LogP contribution in [-0.2, 0) is 0 Å². The highest BCUT2D eigenvalue weighted by Gasteiger charge is 2.26. The minimum absolute atomic E-state index is 0.757. The van der Waals surface area contributed by atoms with Crippen LogP contribution in [0.1, 0.15) is 53.4 Å². The molecule has 2 unspecified atom stereocenters. The molecule has 1 rings (SSSR count). The summed E-state index contributed by atoms with van der Waals surface area (Å²) in [5.41, 5.74) is 0. The summed E-state index contributed by atoms with van der Waals surface area (Å²) >= 11 is 0. The van der Waals surface area contributed by atoms with E-state index >= 15 is 0 Å². The zero-order valence-corrected chi connectivity index (χ0v) is 12.3. The maximum absolute atomic E-state index is 3.70. The number of piperidine rings is 1. The van der Waals surface area contributed by atoms with Gasteiger partial charge in [-0.3, -0.25) is 0 Å². The monoisotopic (exact) mass is 240 g/mol. The predicted octanol–water partition coefficient (Wildman–Crippen LogP) is 3.13. The first-order valence-electron chi connectivity index (χ1n) is 7.66. The van der Waals surface area contributed by atoms with Crippen molar-refractivity contribution >= 4 is 0 Å². The van der Waals surface area contributed by atoms with Crippen molar-refractivity contribution in [2.24, 2.45) is 11.8 Å². The van der Waals surface area contributed by atoms with Crippen LogP contribution in [0.2, 0.25) is 0 Å². The molecule has 0 aliphatic carbocycles. The molecule has 0 aromatic carbocycles. The molecule has 0 aromatic rings. The Morgan fingerprint density at radius 1 is 1.24 bits per heavy atom. The molecule has 1 saturated heterocycles. The second-order valence-corrected chi connectivity index (χ2v) is 5.77. The summed E-state index contributed by atoms with van der Waals surface area (Å²) < 4.78 is 0. The lowest BCUT2D eigenvalue weighted by Gasteiger charge is -2.38. The summed E-state index contributed by atoms with van der Waals surface area (Å²) in [5, 5.41) is 3.70. The lowest BCUT2D eigenvalue weighted by Crippen LogP contribution is -2.49. The van der Waals surface area contributed by atoms with Gasteiger partial charge in [-0.1, -0.05) is 40.5 Å². The molecule has 1 fully saturated rings. The van der Waals surface area contributed by atoms with Crippen molar-refractivity contribution in [2.75, 3.05) is 26.2 Å². The van der Waals surface area contributed by atoms with Crippen LogP contribution in [0.25, 0.3) is 0 Å². The molecule has 2 heteroatoms. The zero-order chi connectivity index (χ0) is 12.7. The Bertz CT molecular complexity index is 189. The molecule has 1 aliphatic rings. The van der Waals surface area contributed by atoms with Crippen LogP contribution in [0.4, 0.5) is 0 Å². The number of hydrogen-bond donors (Lipinski definition) is 1. The molecule has 0 spiro atoms. The van der Waals surface area contributed by atoms with Crippen LogP contribution < -0.4 is 5.32 Å². The summed E-state index contributed by atoms with van der Waals surface area (Å²) in [6, 6.07) is 0.757. The highest BCUT2D eigenvalue weighted by molar-refractivity contribution is 4.83. The third kappa shape index (κ3) is 4.97. The first kappa shape index (κ1) is 15.0. The van der Waals surface area contributed by atoms with Crippen molar-refractivity contribution in [3.63, 3.8) is 0 Å². The average Bonchev–Trinajstić information content (AvgIpc) is 2.35. The van der Waals surface area contributed by atoms with Gasteiger partial charge in [-0.25, -0.2) is 0 Å². The Labute approximate surface area is 108 Å². The summed E-state index contributed by atoms with van der Waals surface area (Å²) in [6.45, 7) is 14.4. The van der Waals surface area contributed by atoms with E-state index in [4.69, 9.17) is 0 Å². The van der Waals surface area contributed by atoms with Crippen LogP contribution in [0.15, 0.2) is 0 Å². The molecule has 1 aliphatic heterocycles. The first-order chi connectivity index (χ1) is 8.21. The molecule has 0 aromatic heterocycles. The summed E-state index contributed by atoms with van der Waals surface area (Å²) in [6.07, 6.45) is 5.25. The van der Waals surface area contributed by atoms with Gasteiger partial charge in [0.2, 0.25) is 0 Å². The van der Waals surface area contributed by atoms with Gasteiger partial charge in [-0.15, -0.1) is 0 Å². The minimum atomic E-state index is 0.757. The highest BCUT2D eigenvalue weighted by Crippen LogP contribution is 2.19. The van der Waals surface area contributed by atoms with Gasteiger partial charge < -0.3 is 10.2 Å². The smallest absolute Gasteiger partial charge is 0.0117 e. The van der Waals surface area contributed by atoms with Crippen molar-refractivity contribution in [2.45, 2.75) is 59.4 Å². The molecule has 17 heavy (non-hydrogen) atoms. The number of hydrogen-bond acceptors (Lipinski definition) is 2. The molecule has 1 N–H and O–H groups in total. The van der Waals surface area contributed by atoms with Crippen LogP contribution in [-0.4, -0.2) is 37.1 Å². The van der Waals surface area contributed by atoms with Crippen LogP contribution in [0.5, 0.6) is 0 Å². The molecule has 0 bridgehead atoms. The fourth-order valence-corrected chi connectivity index (χ4v) is 2.94. The van der Waals surface area contributed by atoms with E-state index in [1.165, 1.54) is 51.9 Å². The lowest BCUT2D eigenvalue weighted by atomic mass is 9.92. The van der Waals surface area contributed by atoms with E-state index in [2.05, 4.69) is 37.9 Å². The third-order valence-corrected chi connectivity index (χ3v) is 4.32. The number of nitrogens with one attached hydrogen (secondary N) is 1. The van der Waals surface area contributed by atoms with Crippen molar-refractivity contribution in [3.8, 4) is 0 Å². The zero-order valence-electron chi connectivity index (χ0n) is 12.3. The van der Waals surface area contributed by atoms with E-state index in [-0.39, 0.29) is 0 Å². The van der Waals surface area contributed by atoms with Gasteiger partial charge in [0.1, 0.15) is 0 Å². The molecule has 2 atom stereocenters. The van der Waals surface area contributed by atoms with Crippen molar-refractivity contribution in [1.82, 2.24) is 10.2 Å². The lowest BCUT2D eigenvalue weighted by molar-refractivity contribution is 0.127. The standard InChI is InChI=1S/C15H32N2/c1-5-9-16-15-8-10-17(11-13(15)4)12-14(6-2)7-3/h13-16H,5-12H2,1-4H3. The average molecular weight is 240 g/mol. The quantitative estimate of drug-likeness (QED) is 0.735. The van der Waals surface area contributed by atoms with Gasteiger partial charge in [0.05, 0.1) is 0 Å². The highest BCUT2D eigenvalue weighted by atomic mass is 15.1. The van der Waals surface area contributed by atoms with Gasteiger partial charge in [-0.2, -0.15) is 0 Å². The summed E-state index contributed by atoms with van der Waals surface area (Å²) in [7, 11) is 0. The number of nitrogens with zero attached hydrogens (tertiary/aromatic N) is 1.